The molecule has 4 aromatic rings. The third kappa shape index (κ3) is 4.80. The van der Waals surface area contributed by atoms with Crippen LogP contribution in [0, 0.1) is 0 Å². The smallest absolute Gasteiger partial charge is 0.255 e. The maximum atomic E-state index is 13.6. The van der Waals surface area contributed by atoms with Crippen LogP contribution in [0.2, 0.25) is 5.02 Å². The number of rotatable bonds is 7. The van der Waals surface area contributed by atoms with Gasteiger partial charge in [0, 0.05) is 28.2 Å². The molecule has 182 valence electrons. The number of amides is 1. The summed E-state index contributed by atoms with van der Waals surface area (Å²) in [6.45, 7) is 1.86. The molecule has 0 bridgehead atoms. The Morgan fingerprint density at radius 1 is 1.17 bits per heavy atom. The van der Waals surface area contributed by atoms with Gasteiger partial charge in [0.05, 0.1) is 24.6 Å². The molecule has 10 heteroatoms. The van der Waals surface area contributed by atoms with Crippen LogP contribution in [-0.4, -0.2) is 32.8 Å². The second-order valence-electron chi connectivity index (χ2n) is 8.05. The lowest BCUT2D eigenvalue weighted by Crippen LogP contribution is -2.31. The van der Waals surface area contributed by atoms with Gasteiger partial charge in [0.1, 0.15) is 11.8 Å². The van der Waals surface area contributed by atoms with E-state index in [1.54, 1.807) is 36.3 Å². The summed E-state index contributed by atoms with van der Waals surface area (Å²) >= 11 is 7.80. The molecule has 1 atom stereocenters. The van der Waals surface area contributed by atoms with Crippen LogP contribution in [0.4, 0.5) is 11.6 Å². The summed E-state index contributed by atoms with van der Waals surface area (Å²) in [7, 11) is 1.61. The monoisotopic (exact) mass is 518 g/mol. The maximum Gasteiger partial charge on any atom is 0.255 e. The molecule has 36 heavy (non-hydrogen) atoms. The van der Waals surface area contributed by atoms with Gasteiger partial charge >= 0.3 is 0 Å². The third-order valence-electron chi connectivity index (χ3n) is 5.75. The fourth-order valence-electron chi connectivity index (χ4n) is 4.06. The molecule has 3 heterocycles. The number of pyridine rings is 1. The number of ether oxygens (including phenoxy) is 1. The summed E-state index contributed by atoms with van der Waals surface area (Å²) < 4.78 is 7.39. The van der Waals surface area contributed by atoms with E-state index < -0.39 is 6.04 Å². The zero-order chi connectivity index (χ0) is 25.1. The lowest BCUT2D eigenvalue weighted by molar-refractivity contribution is -0.113. The van der Waals surface area contributed by atoms with E-state index in [1.807, 2.05) is 55.5 Å². The number of benzene rings is 2. The molecule has 0 aliphatic carbocycles. The van der Waals surface area contributed by atoms with Crippen molar-refractivity contribution in [3.8, 4) is 5.75 Å². The van der Waals surface area contributed by atoms with Crippen LogP contribution in [0.25, 0.3) is 0 Å². The quantitative estimate of drug-likeness (QED) is 0.309. The van der Waals surface area contributed by atoms with Crippen LogP contribution >= 0.6 is 23.4 Å². The number of halogens is 1. The van der Waals surface area contributed by atoms with Gasteiger partial charge in [-0.2, -0.15) is 4.98 Å². The first-order valence-corrected chi connectivity index (χ1v) is 12.6. The van der Waals surface area contributed by atoms with Crippen molar-refractivity contribution in [2.24, 2.45) is 0 Å². The molecule has 1 aliphatic heterocycles. The lowest BCUT2D eigenvalue weighted by Gasteiger charge is -2.29. The number of methoxy groups -OCH3 is 1. The van der Waals surface area contributed by atoms with Crippen molar-refractivity contribution in [2.75, 3.05) is 17.7 Å². The van der Waals surface area contributed by atoms with Gasteiger partial charge in [-0.15, -0.1) is 5.10 Å². The van der Waals surface area contributed by atoms with Crippen LogP contribution in [0.5, 0.6) is 5.75 Å². The van der Waals surface area contributed by atoms with Crippen molar-refractivity contribution in [3.05, 3.63) is 100 Å². The van der Waals surface area contributed by atoms with Crippen molar-refractivity contribution >= 4 is 40.9 Å². The Hall–Kier alpha value is -3.82. The fourth-order valence-corrected chi connectivity index (χ4v) is 5.17. The number of hydrogen-bond acceptors (Lipinski definition) is 7. The fraction of sp³-hybridized carbons (Fsp3) is 0.154. The summed E-state index contributed by atoms with van der Waals surface area (Å²) in [5.74, 6) is 1.54. The van der Waals surface area contributed by atoms with E-state index in [9.17, 15) is 4.79 Å². The molecule has 0 unspecified atom stereocenters. The first kappa shape index (κ1) is 23.9. The number of aromatic nitrogens is 4. The van der Waals surface area contributed by atoms with Crippen molar-refractivity contribution in [1.82, 2.24) is 19.7 Å². The Bertz CT molecular complexity index is 1440. The zero-order valence-corrected chi connectivity index (χ0v) is 21.2. The van der Waals surface area contributed by atoms with E-state index in [1.165, 1.54) is 11.8 Å². The van der Waals surface area contributed by atoms with Crippen molar-refractivity contribution in [3.63, 3.8) is 0 Å². The van der Waals surface area contributed by atoms with Gasteiger partial charge in [-0.3, -0.25) is 9.78 Å². The Morgan fingerprint density at radius 3 is 2.75 bits per heavy atom. The van der Waals surface area contributed by atoms with E-state index in [4.69, 9.17) is 26.4 Å². The Labute approximate surface area is 217 Å². The number of carbonyl (C=O) groups is 1. The molecule has 5 rings (SSSR count). The van der Waals surface area contributed by atoms with Crippen LogP contribution < -0.4 is 15.4 Å². The number of carbonyl (C=O) groups excluding carboxylic acids is 1. The number of fused-ring (bicyclic) bond motifs is 1. The van der Waals surface area contributed by atoms with Gasteiger partial charge in [-0.1, -0.05) is 59.8 Å². The average Bonchev–Trinajstić information content (AvgIpc) is 3.30. The van der Waals surface area contributed by atoms with Crippen LogP contribution in [-0.2, 0) is 10.5 Å². The van der Waals surface area contributed by atoms with E-state index in [2.05, 4.69) is 15.6 Å². The van der Waals surface area contributed by atoms with Gasteiger partial charge in [-0.25, -0.2) is 4.68 Å². The summed E-state index contributed by atoms with van der Waals surface area (Å²) in [6.07, 6.45) is 3.26. The highest BCUT2D eigenvalue weighted by Gasteiger charge is 2.36. The van der Waals surface area contributed by atoms with Crippen LogP contribution in [0.3, 0.4) is 0 Å². The van der Waals surface area contributed by atoms with E-state index in [-0.39, 0.29) is 5.91 Å². The Morgan fingerprint density at radius 2 is 1.97 bits per heavy atom. The molecule has 2 aromatic carbocycles. The first-order valence-electron chi connectivity index (χ1n) is 11.2. The highest BCUT2D eigenvalue weighted by molar-refractivity contribution is 7.98. The predicted octanol–water partition coefficient (Wildman–Crippen LogP) is 5.56. The van der Waals surface area contributed by atoms with Crippen LogP contribution in [0.15, 0.2) is 89.5 Å². The Balaban J connectivity index is 1.53. The van der Waals surface area contributed by atoms with Gasteiger partial charge in [0.15, 0.2) is 0 Å². The molecule has 0 spiro atoms. The summed E-state index contributed by atoms with van der Waals surface area (Å²) in [6, 6.07) is 18.3. The van der Waals surface area contributed by atoms with Crippen molar-refractivity contribution < 1.29 is 9.53 Å². The molecule has 0 radical (unpaired) electrons. The third-order valence-corrected chi connectivity index (χ3v) is 7.00. The highest BCUT2D eigenvalue weighted by atomic mass is 35.5. The van der Waals surface area contributed by atoms with Crippen molar-refractivity contribution in [1.29, 1.82) is 0 Å². The number of hydrogen-bond donors (Lipinski definition) is 2. The van der Waals surface area contributed by atoms with E-state index >= 15 is 0 Å². The van der Waals surface area contributed by atoms with Gasteiger partial charge < -0.3 is 15.4 Å². The van der Waals surface area contributed by atoms with Gasteiger partial charge in [0.25, 0.3) is 5.91 Å². The number of anilines is 2. The summed E-state index contributed by atoms with van der Waals surface area (Å²) in [5.41, 5.74) is 3.57. The predicted molar refractivity (Wildman–Crippen MR) is 141 cm³/mol. The second-order valence-corrected chi connectivity index (χ2v) is 9.40. The van der Waals surface area contributed by atoms with Crippen molar-refractivity contribution in [2.45, 2.75) is 23.9 Å². The average molecular weight is 519 g/mol. The molecule has 8 nitrogen and oxygen atoms in total. The van der Waals surface area contributed by atoms with Gasteiger partial charge in [0.2, 0.25) is 11.1 Å². The summed E-state index contributed by atoms with van der Waals surface area (Å²) in [4.78, 5) is 22.4. The first-order chi connectivity index (χ1) is 17.5. The second kappa shape index (κ2) is 10.4. The molecular weight excluding hydrogens is 496 g/mol. The number of thioether (sulfide) groups is 1. The maximum absolute atomic E-state index is 13.6. The minimum Gasteiger partial charge on any atom is -0.496 e. The molecule has 2 aromatic heterocycles. The molecule has 1 aliphatic rings. The summed E-state index contributed by atoms with van der Waals surface area (Å²) in [5, 5.41) is 12.3. The zero-order valence-electron chi connectivity index (χ0n) is 19.6. The topological polar surface area (TPSA) is 94.0 Å². The molecule has 0 saturated carbocycles. The van der Waals surface area contributed by atoms with Gasteiger partial charge in [-0.05, 0) is 36.8 Å². The molecule has 0 fully saturated rings. The number of nitrogens with zero attached hydrogens (tertiary/aromatic N) is 4. The highest BCUT2D eigenvalue weighted by Crippen LogP contribution is 2.40. The number of para-hydroxylation sites is 1. The molecular formula is C26H23ClN6O2S. The molecule has 1 amide bonds. The minimum atomic E-state index is -0.559. The lowest BCUT2D eigenvalue weighted by atomic mass is 9.94. The van der Waals surface area contributed by atoms with Crippen LogP contribution in [0.1, 0.15) is 24.1 Å². The Kier molecular flexibility index (Phi) is 6.92. The normalized spacial score (nSPS) is 14.7. The molecule has 0 saturated heterocycles. The van der Waals surface area contributed by atoms with E-state index in [0.717, 1.165) is 11.1 Å². The standard InChI is InChI=1S/C26H23ClN6O2S/c1-16-22(24(34)30-18-9-7-13-28-14-18)23(19-10-4-6-12-21(19)35-2)33-25(29-16)31-26(32-33)36-15-17-8-3-5-11-20(17)27/h3-14,23H,15H2,1-2H3,(H,30,34)(H,29,31,32)/t23-/m1/s1. The number of allylic oxidation sites excluding steroid dienone is 1. The van der Waals surface area contributed by atoms with E-state index in [0.29, 0.717) is 44.6 Å². The minimum absolute atomic E-state index is 0.268. The number of nitrogens with one attached hydrogen (secondary N) is 2. The SMILES string of the molecule is COc1ccccc1[C@@H]1C(C(=O)Nc2cccnc2)=C(C)Nc2nc(SCc3ccccc3Cl)nn21. The largest absolute Gasteiger partial charge is 0.496 e. The molecule has 2 N–H and O–H groups in total.